The first-order chi connectivity index (χ1) is 25.9. The molecule has 0 saturated carbocycles. The number of likely N-dealkylation sites (N-methyl/N-ethyl adjacent to an activating group) is 4. The molecule has 0 aromatic carbocycles. The molecule has 1 heterocycles. The van der Waals surface area contributed by atoms with Crippen LogP contribution in [0.3, 0.4) is 0 Å². The van der Waals surface area contributed by atoms with Crippen LogP contribution in [0, 0.1) is 23.7 Å². The smallest absolute Gasteiger partial charge is 0.245 e. The zero-order valence-electron chi connectivity index (χ0n) is 35.9. The van der Waals surface area contributed by atoms with Gasteiger partial charge in [-0.3, -0.25) is 33.6 Å². The fourth-order valence-electron chi connectivity index (χ4n) is 6.52. The van der Waals surface area contributed by atoms with E-state index in [1.165, 1.54) is 56.7 Å². The molecule has 1 saturated heterocycles. The third-order valence-corrected chi connectivity index (χ3v) is 10.8. The Balaban J connectivity index is 4.06. The molecule has 0 radical (unpaired) electrons. The zero-order chi connectivity index (χ0) is 43.4. The maximum atomic E-state index is 14.2. The molecule has 0 aromatic heterocycles. The summed E-state index contributed by atoms with van der Waals surface area (Å²) in [6.07, 6.45) is -0.733. The average molecular weight is 793 g/mol. The first kappa shape index (κ1) is 49.6. The first-order valence-electron chi connectivity index (χ1n) is 19.6. The van der Waals surface area contributed by atoms with Crippen molar-refractivity contribution in [2.75, 3.05) is 34.7 Å². The molecule has 9 atom stereocenters. The van der Waals surface area contributed by atoms with Crippen LogP contribution in [-0.2, 0) is 33.6 Å². The Morgan fingerprint density at radius 2 is 1.12 bits per heavy atom. The fourth-order valence-corrected chi connectivity index (χ4v) is 6.52. The van der Waals surface area contributed by atoms with E-state index >= 15 is 0 Å². The second-order valence-corrected chi connectivity index (χ2v) is 16.3. The molecule has 56 heavy (non-hydrogen) atoms. The van der Waals surface area contributed by atoms with Crippen LogP contribution in [0.5, 0.6) is 0 Å². The Labute approximate surface area is 332 Å². The first-order valence-corrected chi connectivity index (χ1v) is 19.6. The summed E-state index contributed by atoms with van der Waals surface area (Å²) in [5.41, 5.74) is 8.96. The molecule has 1 aliphatic heterocycles. The molecule has 18 heteroatoms. The van der Waals surface area contributed by atoms with E-state index in [4.69, 9.17) is 5.53 Å². The van der Waals surface area contributed by atoms with Gasteiger partial charge in [0.15, 0.2) is 0 Å². The van der Waals surface area contributed by atoms with E-state index in [2.05, 4.69) is 26.0 Å². The maximum absolute atomic E-state index is 14.2. The molecule has 0 unspecified atom stereocenters. The average Bonchev–Trinajstić information content (AvgIpc) is 3.14. The van der Waals surface area contributed by atoms with Crippen LogP contribution in [-0.4, -0.2) is 149 Å². The van der Waals surface area contributed by atoms with Crippen molar-refractivity contribution >= 4 is 41.4 Å². The minimum atomic E-state index is -1.59. The fraction of sp³-hybridized carbons (Fsp3) is 0.816. The number of aliphatic hydroxyl groups is 1. The van der Waals surface area contributed by atoms with Gasteiger partial charge in [-0.05, 0) is 62.3 Å². The number of rotatable bonds is 11. The standard InChI is InChI=1S/C38H68N10O8/c1-15-23(8)29-38(56)46(12)25(10)36(54)48(14)28(19-21(4)5)33(51)41-26(18-20(2)3)37(55)45(11)24(9)35(53)47(13)27(16-17-40-44-39)32(50)43-30(34(52)42-29)31(49)22(6)7/h20-31,49H,15-19H2,1-14H3,(H,41,51)(H,42,52)(H,43,50)/t23-,24-,25-,26-,27+,28-,29+,30+,31+/m0/s1. The van der Waals surface area contributed by atoms with E-state index in [0.717, 1.165) is 4.90 Å². The lowest BCUT2D eigenvalue weighted by Gasteiger charge is -2.37. The highest BCUT2D eigenvalue weighted by atomic mass is 16.3. The van der Waals surface area contributed by atoms with Crippen LogP contribution in [0.15, 0.2) is 5.11 Å². The number of nitrogens with one attached hydrogen (secondary N) is 3. The van der Waals surface area contributed by atoms with Gasteiger partial charge in [0.1, 0.15) is 42.3 Å². The Hall–Kier alpha value is -4.44. The van der Waals surface area contributed by atoms with Crippen LogP contribution < -0.4 is 16.0 Å². The summed E-state index contributed by atoms with van der Waals surface area (Å²) in [6.45, 7) is 17.2. The summed E-state index contributed by atoms with van der Waals surface area (Å²) >= 11 is 0. The van der Waals surface area contributed by atoms with Gasteiger partial charge in [0.05, 0.1) is 6.10 Å². The minimum Gasteiger partial charge on any atom is -0.390 e. The molecule has 18 nitrogen and oxygen atoms in total. The second kappa shape index (κ2) is 22.3. The number of carbonyl (C=O) groups excluding carboxylic acids is 7. The predicted octanol–water partition coefficient (Wildman–Crippen LogP) is 1.66. The van der Waals surface area contributed by atoms with Crippen LogP contribution in [0.4, 0.5) is 0 Å². The highest BCUT2D eigenvalue weighted by Gasteiger charge is 2.42. The highest BCUT2D eigenvalue weighted by Crippen LogP contribution is 2.20. The quantitative estimate of drug-likeness (QED) is 0.136. The van der Waals surface area contributed by atoms with Gasteiger partial charge in [0.2, 0.25) is 41.4 Å². The van der Waals surface area contributed by atoms with Crippen molar-refractivity contribution in [3.8, 4) is 0 Å². The number of nitrogens with zero attached hydrogens (tertiary/aromatic N) is 7. The molecule has 0 bridgehead atoms. The topological polar surface area (TPSA) is 238 Å². The van der Waals surface area contributed by atoms with Gasteiger partial charge in [-0.2, -0.15) is 0 Å². The minimum absolute atomic E-state index is 0.0532. The summed E-state index contributed by atoms with van der Waals surface area (Å²) in [5.74, 6) is -5.86. The van der Waals surface area contributed by atoms with E-state index in [1.54, 1.807) is 20.8 Å². The van der Waals surface area contributed by atoms with Gasteiger partial charge < -0.3 is 40.7 Å². The van der Waals surface area contributed by atoms with Crippen molar-refractivity contribution in [3.63, 3.8) is 0 Å². The Morgan fingerprint density at radius 1 is 0.661 bits per heavy atom. The summed E-state index contributed by atoms with van der Waals surface area (Å²) < 4.78 is 0. The van der Waals surface area contributed by atoms with Crippen LogP contribution in [0.2, 0.25) is 0 Å². The van der Waals surface area contributed by atoms with Crippen molar-refractivity contribution in [1.29, 1.82) is 0 Å². The van der Waals surface area contributed by atoms with Gasteiger partial charge in [-0.1, -0.05) is 66.9 Å². The summed E-state index contributed by atoms with van der Waals surface area (Å²) in [4.78, 5) is 106. The van der Waals surface area contributed by atoms with E-state index in [1.807, 2.05) is 34.6 Å². The number of hydrogen-bond donors (Lipinski definition) is 4. The summed E-state index contributed by atoms with van der Waals surface area (Å²) in [7, 11) is 5.64. The van der Waals surface area contributed by atoms with E-state index in [-0.39, 0.29) is 37.6 Å². The molecule has 1 aliphatic rings. The predicted molar refractivity (Wildman–Crippen MR) is 211 cm³/mol. The van der Waals surface area contributed by atoms with Crippen molar-refractivity contribution in [2.45, 2.75) is 143 Å². The summed E-state index contributed by atoms with van der Waals surface area (Å²) in [5, 5.41) is 22.9. The van der Waals surface area contributed by atoms with Crippen molar-refractivity contribution in [2.24, 2.45) is 28.8 Å². The van der Waals surface area contributed by atoms with Gasteiger partial charge in [-0.25, -0.2) is 0 Å². The number of carbonyl (C=O) groups is 7. The van der Waals surface area contributed by atoms with Crippen molar-refractivity contribution < 1.29 is 38.7 Å². The molecule has 7 amide bonds. The van der Waals surface area contributed by atoms with Crippen LogP contribution in [0.25, 0.3) is 10.4 Å². The second-order valence-electron chi connectivity index (χ2n) is 16.3. The van der Waals surface area contributed by atoms with Gasteiger partial charge >= 0.3 is 0 Å². The Bertz CT molecular complexity index is 1450. The molecule has 0 spiro atoms. The lowest BCUT2D eigenvalue weighted by Crippen LogP contribution is -2.63. The Kier molecular flexibility index (Phi) is 19.8. The third kappa shape index (κ3) is 13.1. The number of aliphatic hydroxyl groups excluding tert-OH is 1. The molecule has 4 N–H and O–H groups in total. The molecule has 0 aliphatic carbocycles. The van der Waals surface area contributed by atoms with Crippen molar-refractivity contribution in [1.82, 2.24) is 35.6 Å². The molecular weight excluding hydrogens is 724 g/mol. The van der Waals surface area contributed by atoms with Gasteiger partial charge in [0, 0.05) is 39.6 Å². The zero-order valence-corrected chi connectivity index (χ0v) is 35.9. The van der Waals surface area contributed by atoms with Gasteiger partial charge in [-0.15, -0.1) is 0 Å². The molecule has 1 rings (SSSR count). The number of hydrogen-bond acceptors (Lipinski definition) is 9. The number of azide groups is 1. The maximum Gasteiger partial charge on any atom is 0.245 e. The molecular formula is C38H68N10O8. The van der Waals surface area contributed by atoms with Gasteiger partial charge in [0.25, 0.3) is 0 Å². The lowest BCUT2D eigenvalue weighted by molar-refractivity contribution is -0.150. The monoisotopic (exact) mass is 793 g/mol. The third-order valence-electron chi connectivity index (χ3n) is 10.8. The normalized spacial score (nSPS) is 27.2. The Morgan fingerprint density at radius 3 is 1.59 bits per heavy atom. The van der Waals surface area contributed by atoms with Crippen LogP contribution in [0.1, 0.15) is 94.9 Å². The highest BCUT2D eigenvalue weighted by molar-refractivity contribution is 5.98. The van der Waals surface area contributed by atoms with E-state index in [9.17, 15) is 38.7 Å². The molecule has 318 valence electrons. The SMILES string of the molecule is CC[C@H](C)[C@H]1NC(=O)[C@@H]([C@H](O)C(C)C)NC(=O)[C@@H](CCN=[N+]=[N-])N(C)C(=O)[C@H](C)N(C)C(=O)[C@H](CC(C)C)NC(=O)[C@H](CC(C)C)N(C)C(=O)[C@H](C)N(C)C1=O. The molecule has 1 fully saturated rings. The lowest BCUT2D eigenvalue weighted by atomic mass is 9.94. The number of amides is 7. The van der Waals surface area contributed by atoms with E-state index < -0.39 is 102 Å². The van der Waals surface area contributed by atoms with Crippen molar-refractivity contribution in [3.05, 3.63) is 10.4 Å². The van der Waals surface area contributed by atoms with E-state index in [0.29, 0.717) is 6.42 Å². The largest absolute Gasteiger partial charge is 0.390 e. The summed E-state index contributed by atoms with van der Waals surface area (Å²) in [6, 6.07) is -8.48. The molecule has 0 aromatic rings. The van der Waals surface area contributed by atoms with Crippen LogP contribution >= 0.6 is 0 Å².